The van der Waals surface area contributed by atoms with Gasteiger partial charge in [-0.15, -0.1) is 6.58 Å². The topological polar surface area (TPSA) is 62.5 Å². The van der Waals surface area contributed by atoms with Crippen LogP contribution in [-0.2, 0) is 4.79 Å². The Bertz CT molecular complexity index is 563. The lowest BCUT2D eigenvalue weighted by Gasteiger charge is -2.17. The zero-order chi connectivity index (χ0) is 15.1. The maximum Gasteiger partial charge on any atom is 0.221 e. The third-order valence-electron chi connectivity index (χ3n) is 3.32. The summed E-state index contributed by atoms with van der Waals surface area (Å²) in [4.78, 5) is 12.1. The van der Waals surface area contributed by atoms with Gasteiger partial charge < -0.3 is 14.8 Å². The summed E-state index contributed by atoms with van der Waals surface area (Å²) in [5.74, 6) is 0.335. The smallest absolute Gasteiger partial charge is 0.221 e. The number of hydrogen-bond acceptors (Lipinski definition) is 3. The van der Waals surface area contributed by atoms with Crippen LogP contribution >= 0.6 is 0 Å². The van der Waals surface area contributed by atoms with Crippen LogP contribution in [0.4, 0.5) is 0 Å². The second-order valence-electron chi connectivity index (χ2n) is 4.78. The van der Waals surface area contributed by atoms with Crippen molar-refractivity contribution in [3.8, 4) is 0 Å². The van der Waals surface area contributed by atoms with Gasteiger partial charge in [-0.05, 0) is 17.7 Å². The summed E-state index contributed by atoms with van der Waals surface area (Å²) in [5.41, 5.74) is 1.04. The second kappa shape index (κ2) is 7.45. The van der Waals surface area contributed by atoms with Gasteiger partial charge in [0.15, 0.2) is 0 Å². The van der Waals surface area contributed by atoms with Crippen molar-refractivity contribution in [1.29, 1.82) is 0 Å². The summed E-state index contributed by atoms with van der Waals surface area (Å²) >= 11 is 0. The maximum atomic E-state index is 12.1. The van der Waals surface area contributed by atoms with Crippen molar-refractivity contribution in [2.75, 3.05) is 6.61 Å². The largest absolute Gasteiger partial charge is 0.467 e. The van der Waals surface area contributed by atoms with Crippen molar-refractivity contribution >= 4 is 5.91 Å². The lowest BCUT2D eigenvalue weighted by atomic mass is 9.95. The molecule has 0 aliphatic carbocycles. The SMILES string of the molecule is C=CC(CC(=O)NC(CO)c1ccco1)c1ccccc1. The Morgan fingerprint density at radius 3 is 2.62 bits per heavy atom. The van der Waals surface area contributed by atoms with E-state index in [1.165, 1.54) is 6.26 Å². The Morgan fingerprint density at radius 1 is 1.29 bits per heavy atom. The fraction of sp³-hybridized carbons (Fsp3) is 0.235. The minimum atomic E-state index is -0.520. The highest BCUT2D eigenvalue weighted by Gasteiger charge is 2.18. The number of carbonyl (C=O) groups excluding carboxylic acids is 1. The number of allylic oxidation sites excluding steroid dienone is 1. The zero-order valence-electron chi connectivity index (χ0n) is 11.7. The van der Waals surface area contributed by atoms with Gasteiger partial charge in [0.1, 0.15) is 11.8 Å². The molecule has 2 N–H and O–H groups in total. The van der Waals surface area contributed by atoms with Crippen LogP contribution in [0, 0.1) is 0 Å². The lowest BCUT2D eigenvalue weighted by molar-refractivity contribution is -0.122. The summed E-state index contributed by atoms with van der Waals surface area (Å²) in [7, 11) is 0. The third kappa shape index (κ3) is 4.07. The first kappa shape index (κ1) is 15.1. The number of aliphatic hydroxyl groups is 1. The first-order valence-electron chi connectivity index (χ1n) is 6.85. The number of nitrogens with one attached hydrogen (secondary N) is 1. The average Bonchev–Trinajstić information content (AvgIpc) is 3.05. The van der Waals surface area contributed by atoms with Gasteiger partial charge in [0, 0.05) is 12.3 Å². The number of benzene rings is 1. The average molecular weight is 285 g/mol. The van der Waals surface area contributed by atoms with Gasteiger partial charge in [-0.1, -0.05) is 36.4 Å². The number of carbonyl (C=O) groups is 1. The Labute approximate surface area is 124 Å². The number of hydrogen-bond donors (Lipinski definition) is 2. The molecule has 0 saturated carbocycles. The molecular weight excluding hydrogens is 266 g/mol. The lowest BCUT2D eigenvalue weighted by Crippen LogP contribution is -2.31. The van der Waals surface area contributed by atoms with E-state index in [1.807, 2.05) is 30.3 Å². The molecule has 4 nitrogen and oxygen atoms in total. The highest BCUT2D eigenvalue weighted by atomic mass is 16.3. The molecular formula is C17H19NO3. The monoisotopic (exact) mass is 285 g/mol. The normalized spacial score (nSPS) is 13.4. The van der Waals surface area contributed by atoms with Gasteiger partial charge in [-0.2, -0.15) is 0 Å². The number of amides is 1. The molecule has 0 fully saturated rings. The molecule has 2 rings (SSSR count). The predicted molar refractivity (Wildman–Crippen MR) is 80.7 cm³/mol. The molecule has 110 valence electrons. The van der Waals surface area contributed by atoms with E-state index in [0.29, 0.717) is 5.76 Å². The molecule has 1 aromatic heterocycles. The molecule has 2 atom stereocenters. The Kier molecular flexibility index (Phi) is 5.35. The highest BCUT2D eigenvalue weighted by molar-refractivity contribution is 5.77. The van der Waals surface area contributed by atoms with Crippen LogP contribution < -0.4 is 5.32 Å². The van der Waals surface area contributed by atoms with Crippen molar-refractivity contribution in [2.45, 2.75) is 18.4 Å². The minimum Gasteiger partial charge on any atom is -0.467 e. The first-order chi connectivity index (χ1) is 10.2. The van der Waals surface area contributed by atoms with E-state index in [2.05, 4.69) is 11.9 Å². The van der Waals surface area contributed by atoms with Gasteiger partial charge in [0.2, 0.25) is 5.91 Å². The van der Waals surface area contributed by atoms with Gasteiger partial charge in [0.05, 0.1) is 12.9 Å². The van der Waals surface area contributed by atoms with E-state index in [-0.39, 0.29) is 24.9 Å². The van der Waals surface area contributed by atoms with E-state index in [9.17, 15) is 9.90 Å². The van der Waals surface area contributed by atoms with Gasteiger partial charge in [0.25, 0.3) is 0 Å². The Hall–Kier alpha value is -2.33. The van der Waals surface area contributed by atoms with Crippen LogP contribution in [0.1, 0.15) is 29.7 Å². The summed E-state index contributed by atoms with van der Waals surface area (Å²) < 4.78 is 5.21. The number of rotatable bonds is 7. The van der Waals surface area contributed by atoms with Crippen molar-refractivity contribution < 1.29 is 14.3 Å². The summed E-state index contributed by atoms with van der Waals surface area (Å²) in [6.07, 6.45) is 3.56. The van der Waals surface area contributed by atoms with Crippen LogP contribution in [0.25, 0.3) is 0 Å². The standard InChI is InChI=1S/C17H19NO3/c1-2-13(14-7-4-3-5-8-14)11-17(20)18-15(12-19)16-9-6-10-21-16/h2-10,13,15,19H,1,11-12H2,(H,18,20). The van der Waals surface area contributed by atoms with Crippen LogP contribution in [-0.4, -0.2) is 17.6 Å². The molecule has 0 saturated heterocycles. The van der Waals surface area contributed by atoms with E-state index < -0.39 is 6.04 Å². The fourth-order valence-electron chi connectivity index (χ4n) is 2.19. The van der Waals surface area contributed by atoms with Crippen LogP contribution in [0.3, 0.4) is 0 Å². The molecule has 1 heterocycles. The number of aliphatic hydroxyl groups excluding tert-OH is 1. The van der Waals surface area contributed by atoms with E-state index in [4.69, 9.17) is 4.42 Å². The Balaban J connectivity index is 1.98. The predicted octanol–water partition coefficient (Wildman–Crippen LogP) is 2.79. The van der Waals surface area contributed by atoms with Crippen molar-refractivity contribution in [3.05, 3.63) is 72.7 Å². The van der Waals surface area contributed by atoms with Crippen LogP contribution in [0.5, 0.6) is 0 Å². The van der Waals surface area contributed by atoms with Crippen LogP contribution in [0.15, 0.2) is 65.8 Å². The molecule has 1 amide bonds. The molecule has 21 heavy (non-hydrogen) atoms. The van der Waals surface area contributed by atoms with E-state index in [0.717, 1.165) is 5.56 Å². The zero-order valence-corrected chi connectivity index (χ0v) is 11.7. The molecule has 1 aromatic carbocycles. The molecule has 0 aliphatic rings. The van der Waals surface area contributed by atoms with Gasteiger partial charge in [-0.25, -0.2) is 0 Å². The molecule has 0 radical (unpaired) electrons. The second-order valence-corrected chi connectivity index (χ2v) is 4.78. The quantitative estimate of drug-likeness (QED) is 0.769. The summed E-state index contributed by atoms with van der Waals surface area (Å²) in [6, 6.07) is 12.7. The van der Waals surface area contributed by atoms with Crippen molar-refractivity contribution in [3.63, 3.8) is 0 Å². The third-order valence-corrected chi connectivity index (χ3v) is 3.32. The maximum absolute atomic E-state index is 12.1. The summed E-state index contributed by atoms with van der Waals surface area (Å²) in [5, 5.41) is 12.1. The molecule has 2 aromatic rings. The molecule has 0 aliphatic heterocycles. The van der Waals surface area contributed by atoms with Crippen molar-refractivity contribution in [2.24, 2.45) is 0 Å². The van der Waals surface area contributed by atoms with E-state index >= 15 is 0 Å². The summed E-state index contributed by atoms with van der Waals surface area (Å²) in [6.45, 7) is 3.59. The fourth-order valence-corrected chi connectivity index (χ4v) is 2.19. The highest BCUT2D eigenvalue weighted by Crippen LogP contribution is 2.21. The van der Waals surface area contributed by atoms with Gasteiger partial charge >= 0.3 is 0 Å². The first-order valence-corrected chi connectivity index (χ1v) is 6.85. The number of furan rings is 1. The molecule has 0 spiro atoms. The van der Waals surface area contributed by atoms with E-state index in [1.54, 1.807) is 18.2 Å². The van der Waals surface area contributed by atoms with Crippen LogP contribution in [0.2, 0.25) is 0 Å². The Morgan fingerprint density at radius 2 is 2.05 bits per heavy atom. The van der Waals surface area contributed by atoms with Crippen molar-refractivity contribution in [1.82, 2.24) is 5.32 Å². The molecule has 0 bridgehead atoms. The minimum absolute atomic E-state index is 0.0536. The molecule has 4 heteroatoms. The van der Waals surface area contributed by atoms with Gasteiger partial charge in [-0.3, -0.25) is 4.79 Å². The molecule has 2 unspecified atom stereocenters.